The summed E-state index contributed by atoms with van der Waals surface area (Å²) in [5, 5.41) is 15.8. The van der Waals surface area contributed by atoms with Gasteiger partial charge in [-0.25, -0.2) is 18.8 Å². The third-order valence-electron chi connectivity index (χ3n) is 7.59. The Kier molecular flexibility index (Phi) is 11.5. The monoisotopic (exact) mass is 589 g/mol. The highest BCUT2D eigenvalue weighted by molar-refractivity contribution is 6.17. The van der Waals surface area contributed by atoms with Gasteiger partial charge in [0, 0.05) is 24.1 Å². The van der Waals surface area contributed by atoms with E-state index in [4.69, 9.17) is 4.74 Å². The van der Waals surface area contributed by atoms with Crippen LogP contribution in [-0.2, 0) is 4.79 Å². The number of nitriles is 1. The van der Waals surface area contributed by atoms with Crippen molar-refractivity contribution in [2.45, 2.75) is 51.1 Å². The van der Waals surface area contributed by atoms with Gasteiger partial charge < -0.3 is 15.4 Å². The lowest BCUT2D eigenvalue weighted by atomic mass is 9.89. The molecule has 0 bridgehead atoms. The van der Waals surface area contributed by atoms with Crippen LogP contribution in [0.5, 0.6) is 5.75 Å². The molecule has 1 fully saturated rings. The predicted octanol–water partition coefficient (Wildman–Crippen LogP) is 4.63. The molecule has 0 radical (unpaired) electrons. The van der Waals surface area contributed by atoms with Gasteiger partial charge in [-0.3, -0.25) is 14.7 Å². The van der Waals surface area contributed by atoms with Crippen LogP contribution in [0.15, 0.2) is 69.7 Å². The van der Waals surface area contributed by atoms with Gasteiger partial charge in [0.1, 0.15) is 36.8 Å². The number of rotatable bonds is 12. The lowest BCUT2D eigenvalue weighted by Gasteiger charge is -2.31. The van der Waals surface area contributed by atoms with Crippen LogP contribution in [0.2, 0.25) is 0 Å². The van der Waals surface area contributed by atoms with Crippen molar-refractivity contribution >= 4 is 24.3 Å². The molecular weight excluding hydrogens is 552 g/mol. The second-order valence-electron chi connectivity index (χ2n) is 10.4. The number of allylic oxidation sites excluding steroid dienone is 1. The van der Waals surface area contributed by atoms with E-state index in [0.717, 1.165) is 24.8 Å². The van der Waals surface area contributed by atoms with Crippen LogP contribution < -0.4 is 15.4 Å². The highest BCUT2D eigenvalue weighted by atomic mass is 19.3. The molecule has 2 aliphatic heterocycles. The van der Waals surface area contributed by atoms with Gasteiger partial charge in [0.05, 0.1) is 23.5 Å². The minimum Gasteiger partial charge on any atom is -0.489 e. The Morgan fingerprint density at radius 3 is 2.63 bits per heavy atom. The highest BCUT2D eigenvalue weighted by Gasteiger charge is 2.23. The Balaban J connectivity index is 1.45. The van der Waals surface area contributed by atoms with Crippen LogP contribution in [0.4, 0.5) is 8.78 Å². The van der Waals surface area contributed by atoms with Crippen molar-refractivity contribution in [3.05, 3.63) is 77.0 Å². The summed E-state index contributed by atoms with van der Waals surface area (Å²) in [7, 11) is 0. The number of hydrogen-bond donors (Lipinski definition) is 2. The smallest absolute Gasteiger partial charge is 0.251 e. The fraction of sp³-hybridized carbons (Fsp3) is 0.406. The number of carbonyl (C=O) groups is 1. The number of alkyl halides is 2. The van der Waals surface area contributed by atoms with Crippen LogP contribution in [0, 0.1) is 11.3 Å². The van der Waals surface area contributed by atoms with Crippen molar-refractivity contribution in [2.75, 3.05) is 32.8 Å². The average Bonchev–Trinajstić information content (AvgIpc) is 3.11. The molecule has 0 aromatic heterocycles. The fourth-order valence-corrected chi connectivity index (χ4v) is 5.23. The summed E-state index contributed by atoms with van der Waals surface area (Å²) in [6.45, 7) is 8.02. The first-order valence-corrected chi connectivity index (χ1v) is 14.5. The molecule has 1 amide bonds. The molecule has 0 aliphatic carbocycles. The molecule has 0 saturated carbocycles. The second-order valence-corrected chi connectivity index (χ2v) is 10.4. The van der Waals surface area contributed by atoms with Crippen LogP contribution >= 0.6 is 0 Å². The van der Waals surface area contributed by atoms with Gasteiger partial charge in [0.15, 0.2) is 0 Å². The van der Waals surface area contributed by atoms with Crippen LogP contribution in [0.3, 0.4) is 0 Å². The summed E-state index contributed by atoms with van der Waals surface area (Å²) in [5.41, 5.74) is 4.06. The zero-order valence-corrected chi connectivity index (χ0v) is 24.3. The molecule has 2 aliphatic rings. The number of ether oxygens (including phenoxy) is 1. The van der Waals surface area contributed by atoms with Gasteiger partial charge in [0.2, 0.25) is 6.41 Å². The van der Waals surface area contributed by atoms with Crippen molar-refractivity contribution in [1.29, 1.82) is 5.26 Å². The summed E-state index contributed by atoms with van der Waals surface area (Å²) < 4.78 is 31.5. The van der Waals surface area contributed by atoms with Crippen LogP contribution in [0.25, 0.3) is 0 Å². The first kappa shape index (κ1) is 31.5. The lowest BCUT2D eigenvalue weighted by molar-refractivity contribution is -0.109. The minimum atomic E-state index is -2.30. The fourth-order valence-electron chi connectivity index (χ4n) is 5.23. The Morgan fingerprint density at radius 2 is 1.95 bits per heavy atom. The zero-order valence-electron chi connectivity index (χ0n) is 24.3. The van der Waals surface area contributed by atoms with Gasteiger partial charge in [-0.15, -0.1) is 0 Å². The second kappa shape index (κ2) is 15.7. The SMILES string of the molecule is C=C1N/C(c2ccc(C3CCN(CC(F)F)CC3)cc2)=N\C/N=C\N=C1c1ccc(OC(CC)CCNC=O)c(C#N)c1. The van der Waals surface area contributed by atoms with Crippen molar-refractivity contribution in [2.24, 2.45) is 15.0 Å². The summed E-state index contributed by atoms with van der Waals surface area (Å²) in [4.78, 5) is 25.8. The van der Waals surface area contributed by atoms with Crippen molar-refractivity contribution in [1.82, 2.24) is 15.5 Å². The van der Waals surface area contributed by atoms with Crippen molar-refractivity contribution in [3.63, 3.8) is 0 Å². The summed E-state index contributed by atoms with van der Waals surface area (Å²) in [6.07, 6.45) is 2.68. The average molecular weight is 590 g/mol. The van der Waals surface area contributed by atoms with Gasteiger partial charge in [-0.05, 0) is 62.0 Å². The summed E-state index contributed by atoms with van der Waals surface area (Å²) in [5.74, 6) is 1.38. The number of nitrogens with zero attached hydrogens (tertiary/aromatic N) is 5. The predicted molar refractivity (Wildman–Crippen MR) is 164 cm³/mol. The molecule has 43 heavy (non-hydrogen) atoms. The Labute approximate surface area is 251 Å². The summed E-state index contributed by atoms with van der Waals surface area (Å²) >= 11 is 0. The first-order chi connectivity index (χ1) is 20.9. The molecule has 226 valence electrons. The highest BCUT2D eigenvalue weighted by Crippen LogP contribution is 2.29. The molecule has 1 saturated heterocycles. The number of benzene rings is 2. The maximum atomic E-state index is 12.7. The first-order valence-electron chi connectivity index (χ1n) is 14.5. The van der Waals surface area contributed by atoms with E-state index in [2.05, 4.69) is 50.4 Å². The molecule has 1 atom stereocenters. The molecule has 4 rings (SSSR count). The molecule has 2 N–H and O–H groups in total. The van der Waals surface area contributed by atoms with Crippen LogP contribution in [-0.4, -0.2) is 74.6 Å². The number of amides is 1. The van der Waals surface area contributed by atoms with Gasteiger partial charge in [0.25, 0.3) is 6.43 Å². The molecule has 2 heterocycles. The standard InChI is InChI=1S/C32H37F2N7O2/c1-3-28(10-13-36-21-42)43-29-9-8-26(16-27(29)17-35)31-22(2)40-32(39-20-37-19-38-31)25-6-4-23(5-7-25)24-11-14-41(15-12-24)18-30(33)34/h4-9,16,19,21,24,28,30H,2-3,10-15,18,20H2,1H3,(H,36,42)(H,39,40)/b37-19-,38-31?. The number of carbonyl (C=O) groups excluding carboxylic acids is 1. The van der Waals surface area contributed by atoms with E-state index in [1.165, 1.54) is 11.9 Å². The Hall–Kier alpha value is -4.43. The van der Waals surface area contributed by atoms with Gasteiger partial charge in [-0.2, -0.15) is 5.26 Å². The molecule has 2 aromatic carbocycles. The number of aliphatic imine (C=N–C) groups is 3. The van der Waals surface area contributed by atoms with E-state index >= 15 is 0 Å². The van der Waals surface area contributed by atoms with Crippen molar-refractivity contribution in [3.8, 4) is 11.8 Å². The lowest BCUT2D eigenvalue weighted by Crippen LogP contribution is -2.36. The molecule has 0 spiro atoms. The molecule has 11 heteroatoms. The topological polar surface area (TPSA) is 114 Å². The van der Waals surface area contributed by atoms with E-state index in [0.29, 0.717) is 72.5 Å². The third-order valence-corrected chi connectivity index (χ3v) is 7.59. The number of piperidine rings is 1. The van der Waals surface area contributed by atoms with E-state index in [9.17, 15) is 18.8 Å². The van der Waals surface area contributed by atoms with E-state index in [1.807, 2.05) is 30.0 Å². The largest absolute Gasteiger partial charge is 0.489 e. The zero-order chi connectivity index (χ0) is 30.6. The van der Waals surface area contributed by atoms with E-state index in [-0.39, 0.29) is 19.3 Å². The number of nitrogens with one attached hydrogen (secondary N) is 2. The molecule has 1 unspecified atom stereocenters. The third kappa shape index (κ3) is 8.78. The number of hydrogen-bond acceptors (Lipinski definition) is 8. The Bertz CT molecular complexity index is 1390. The number of halogens is 2. The molecule has 2 aromatic rings. The molecule has 9 nitrogen and oxygen atoms in total. The van der Waals surface area contributed by atoms with Crippen molar-refractivity contribution < 1.29 is 18.3 Å². The normalized spacial score (nSPS) is 19.0. The van der Waals surface area contributed by atoms with Crippen LogP contribution in [0.1, 0.15) is 60.8 Å². The maximum absolute atomic E-state index is 12.7. The summed E-state index contributed by atoms with van der Waals surface area (Å²) in [6, 6.07) is 15.6. The van der Waals surface area contributed by atoms with E-state index in [1.54, 1.807) is 12.1 Å². The molecular formula is C32H37F2N7O2. The maximum Gasteiger partial charge on any atom is 0.251 e. The quantitative estimate of drug-likeness (QED) is 0.277. The Morgan fingerprint density at radius 1 is 1.21 bits per heavy atom. The van der Waals surface area contributed by atoms with Gasteiger partial charge in [-0.1, -0.05) is 37.8 Å². The minimum absolute atomic E-state index is 0.153. The number of amidine groups is 1. The number of likely N-dealkylation sites (tertiary alicyclic amines) is 1. The van der Waals surface area contributed by atoms with E-state index < -0.39 is 6.43 Å². The van der Waals surface area contributed by atoms with Gasteiger partial charge >= 0.3 is 0 Å².